The predicted octanol–water partition coefficient (Wildman–Crippen LogP) is 2.39. The Hall–Kier alpha value is -2.39. The van der Waals surface area contributed by atoms with Crippen LogP contribution in [0.1, 0.15) is 44.1 Å². The van der Waals surface area contributed by atoms with Crippen LogP contribution in [-0.4, -0.2) is 43.1 Å². The molecule has 0 saturated heterocycles. The summed E-state index contributed by atoms with van der Waals surface area (Å²) >= 11 is 0. The van der Waals surface area contributed by atoms with Gasteiger partial charge in [0.2, 0.25) is 10.0 Å². The number of nitrogens with one attached hydrogen (secondary N) is 2. The summed E-state index contributed by atoms with van der Waals surface area (Å²) in [5, 5.41) is 2.81. The van der Waals surface area contributed by atoms with Crippen molar-refractivity contribution in [3.05, 3.63) is 42.5 Å². The van der Waals surface area contributed by atoms with Crippen molar-refractivity contribution < 1.29 is 17.9 Å². The van der Waals surface area contributed by atoms with Gasteiger partial charge in [0.15, 0.2) is 6.61 Å². The fourth-order valence-corrected chi connectivity index (χ4v) is 4.95. The summed E-state index contributed by atoms with van der Waals surface area (Å²) in [7, 11) is -3.56. The molecule has 0 unspecified atom stereocenters. The zero-order chi connectivity index (χ0) is 21.4. The molecule has 0 spiro atoms. The van der Waals surface area contributed by atoms with Gasteiger partial charge < -0.3 is 14.6 Å². The molecule has 1 amide bonds. The number of sulfonamides is 1. The molecule has 8 nitrogen and oxygen atoms in total. The Bertz CT molecular complexity index is 922. The van der Waals surface area contributed by atoms with Crippen LogP contribution in [0.5, 0.6) is 5.75 Å². The summed E-state index contributed by atoms with van der Waals surface area (Å²) < 4.78 is 35.6. The van der Waals surface area contributed by atoms with Crippen LogP contribution < -0.4 is 14.8 Å². The van der Waals surface area contributed by atoms with Gasteiger partial charge in [0.05, 0.1) is 11.2 Å². The van der Waals surface area contributed by atoms with Crippen LogP contribution in [0.3, 0.4) is 0 Å². The highest BCUT2D eigenvalue weighted by atomic mass is 32.2. The summed E-state index contributed by atoms with van der Waals surface area (Å²) in [6.45, 7) is 2.99. The van der Waals surface area contributed by atoms with Crippen LogP contribution in [0, 0.1) is 6.92 Å². The number of benzene rings is 1. The second kappa shape index (κ2) is 10.6. The van der Waals surface area contributed by atoms with Crippen LogP contribution in [-0.2, 0) is 21.4 Å². The van der Waals surface area contributed by atoms with Crippen molar-refractivity contribution in [2.45, 2.75) is 62.9 Å². The first-order chi connectivity index (χ1) is 14.4. The van der Waals surface area contributed by atoms with Crippen LogP contribution >= 0.6 is 0 Å². The molecule has 164 valence electrons. The Labute approximate surface area is 178 Å². The molecule has 1 aliphatic rings. The lowest BCUT2D eigenvalue weighted by Gasteiger charge is -2.22. The molecule has 1 fully saturated rings. The Morgan fingerprint density at radius 3 is 2.77 bits per heavy atom. The second-order valence-corrected chi connectivity index (χ2v) is 9.39. The minimum Gasteiger partial charge on any atom is -0.484 e. The minimum atomic E-state index is -3.56. The highest BCUT2D eigenvalue weighted by Gasteiger charge is 2.22. The Kier molecular flexibility index (Phi) is 7.87. The van der Waals surface area contributed by atoms with E-state index >= 15 is 0 Å². The van der Waals surface area contributed by atoms with Crippen LogP contribution in [0.25, 0.3) is 0 Å². The first-order valence-corrected chi connectivity index (χ1v) is 11.9. The average molecular weight is 435 g/mol. The van der Waals surface area contributed by atoms with E-state index in [4.69, 9.17) is 4.74 Å². The Morgan fingerprint density at radius 2 is 2.07 bits per heavy atom. The number of carbonyl (C=O) groups is 1. The lowest BCUT2D eigenvalue weighted by atomic mass is 9.96. The third-order valence-corrected chi connectivity index (χ3v) is 6.74. The van der Waals surface area contributed by atoms with Crippen molar-refractivity contribution in [2.24, 2.45) is 0 Å². The lowest BCUT2D eigenvalue weighted by molar-refractivity contribution is -0.123. The third-order valence-electron chi connectivity index (χ3n) is 5.22. The average Bonchev–Trinajstić information content (AvgIpc) is 3.24. The Balaban J connectivity index is 1.45. The first kappa shape index (κ1) is 22.3. The van der Waals surface area contributed by atoms with Crippen LogP contribution in [0.4, 0.5) is 0 Å². The zero-order valence-corrected chi connectivity index (χ0v) is 18.2. The number of carbonyl (C=O) groups excluding carboxylic acids is 1. The molecule has 3 rings (SSSR count). The van der Waals surface area contributed by atoms with Gasteiger partial charge in [-0.05, 0) is 49.9 Å². The van der Waals surface area contributed by atoms with Crippen molar-refractivity contribution >= 4 is 15.9 Å². The quantitative estimate of drug-likeness (QED) is 0.559. The van der Waals surface area contributed by atoms with E-state index in [1.54, 1.807) is 31.6 Å². The smallest absolute Gasteiger partial charge is 0.257 e. The number of rotatable bonds is 10. The number of ether oxygens (including phenoxy) is 1. The number of hydrogen-bond acceptors (Lipinski definition) is 5. The minimum absolute atomic E-state index is 0.0115. The summed E-state index contributed by atoms with van der Waals surface area (Å²) in [6, 6.07) is 4.73. The number of aryl methyl sites for hydroxylation is 2. The van der Waals surface area contributed by atoms with Crippen molar-refractivity contribution in [3.8, 4) is 5.75 Å². The number of imidazole rings is 1. The second-order valence-electron chi connectivity index (χ2n) is 7.68. The molecule has 9 heteroatoms. The van der Waals surface area contributed by atoms with Gasteiger partial charge in [-0.2, -0.15) is 0 Å². The van der Waals surface area contributed by atoms with Crippen molar-refractivity contribution in [1.29, 1.82) is 0 Å². The van der Waals surface area contributed by atoms with Gasteiger partial charge in [-0.15, -0.1) is 0 Å². The van der Waals surface area contributed by atoms with E-state index in [0.29, 0.717) is 17.9 Å². The van der Waals surface area contributed by atoms with E-state index in [1.807, 2.05) is 10.8 Å². The van der Waals surface area contributed by atoms with E-state index in [-0.39, 0.29) is 23.5 Å². The molecule has 2 aromatic rings. The normalized spacial score (nSPS) is 15.1. The third kappa shape index (κ3) is 6.56. The zero-order valence-electron chi connectivity index (χ0n) is 17.3. The van der Waals surface area contributed by atoms with E-state index in [0.717, 1.165) is 38.6 Å². The maximum atomic E-state index is 12.6. The number of aromatic nitrogens is 2. The number of amides is 1. The molecule has 1 heterocycles. The molecule has 0 radical (unpaired) electrons. The first-order valence-electron chi connectivity index (χ1n) is 10.4. The van der Waals surface area contributed by atoms with Gasteiger partial charge in [-0.3, -0.25) is 4.79 Å². The summed E-state index contributed by atoms with van der Waals surface area (Å²) in [5.41, 5.74) is 0.675. The predicted molar refractivity (Wildman–Crippen MR) is 114 cm³/mol. The highest BCUT2D eigenvalue weighted by molar-refractivity contribution is 7.89. The lowest BCUT2D eigenvalue weighted by Crippen LogP contribution is -2.36. The largest absolute Gasteiger partial charge is 0.484 e. The fraction of sp³-hybridized carbons (Fsp3) is 0.524. The summed E-state index contributed by atoms with van der Waals surface area (Å²) in [6.07, 6.45) is 11.2. The SMILES string of the molecule is Cc1cc(S(=O)(=O)NC2CCCCC2)ccc1OCC(=O)NCCCn1ccnc1. The van der Waals surface area contributed by atoms with Gasteiger partial charge >= 0.3 is 0 Å². The van der Waals surface area contributed by atoms with Gasteiger partial charge in [0.25, 0.3) is 5.91 Å². The van der Waals surface area contributed by atoms with Gasteiger partial charge in [-0.25, -0.2) is 18.1 Å². The van der Waals surface area contributed by atoms with E-state index in [9.17, 15) is 13.2 Å². The molecule has 2 N–H and O–H groups in total. The van der Waals surface area contributed by atoms with Gasteiger partial charge in [-0.1, -0.05) is 19.3 Å². The van der Waals surface area contributed by atoms with E-state index in [2.05, 4.69) is 15.0 Å². The number of hydrogen-bond donors (Lipinski definition) is 2. The molecule has 1 saturated carbocycles. The molecular formula is C21H30N4O4S. The van der Waals surface area contributed by atoms with Gasteiger partial charge in [0, 0.05) is 31.5 Å². The molecule has 0 bridgehead atoms. The van der Waals surface area contributed by atoms with E-state index < -0.39 is 10.0 Å². The van der Waals surface area contributed by atoms with Crippen LogP contribution in [0.2, 0.25) is 0 Å². The van der Waals surface area contributed by atoms with Crippen molar-refractivity contribution in [2.75, 3.05) is 13.2 Å². The number of nitrogens with zero attached hydrogens (tertiary/aromatic N) is 2. The molecule has 0 atom stereocenters. The van der Waals surface area contributed by atoms with Gasteiger partial charge in [0.1, 0.15) is 5.75 Å². The molecule has 1 aromatic carbocycles. The maximum Gasteiger partial charge on any atom is 0.257 e. The molecule has 0 aliphatic heterocycles. The summed E-state index contributed by atoms with van der Waals surface area (Å²) in [4.78, 5) is 16.2. The highest BCUT2D eigenvalue weighted by Crippen LogP contribution is 2.24. The topological polar surface area (TPSA) is 102 Å². The van der Waals surface area contributed by atoms with E-state index in [1.165, 1.54) is 12.5 Å². The Morgan fingerprint density at radius 1 is 1.27 bits per heavy atom. The molecule has 1 aliphatic carbocycles. The van der Waals surface area contributed by atoms with Crippen molar-refractivity contribution in [1.82, 2.24) is 19.6 Å². The van der Waals surface area contributed by atoms with Crippen LogP contribution in [0.15, 0.2) is 41.8 Å². The summed E-state index contributed by atoms with van der Waals surface area (Å²) in [5.74, 6) is 0.288. The standard InChI is InChI=1S/C21H30N4O4S/c1-17-14-19(30(27,28)24-18-6-3-2-4-7-18)8-9-20(17)29-15-21(26)23-10-5-12-25-13-11-22-16-25/h8-9,11,13-14,16,18,24H,2-7,10,12,15H2,1H3,(H,23,26). The van der Waals surface area contributed by atoms with Crippen molar-refractivity contribution in [3.63, 3.8) is 0 Å². The fourth-order valence-electron chi connectivity index (χ4n) is 3.56. The monoisotopic (exact) mass is 434 g/mol. The maximum absolute atomic E-state index is 12.6. The molecule has 30 heavy (non-hydrogen) atoms. The molecule has 1 aromatic heterocycles. The molecular weight excluding hydrogens is 404 g/mol.